The van der Waals surface area contributed by atoms with Gasteiger partial charge in [0.25, 0.3) is 0 Å². The molecule has 1 aliphatic carbocycles. The Morgan fingerprint density at radius 3 is 1.73 bits per heavy atom. The Kier molecular flexibility index (Phi) is 6.93. The second-order valence-electron chi connectivity index (χ2n) is 16.0. The first-order chi connectivity index (χ1) is 29.8. The summed E-state index contributed by atoms with van der Waals surface area (Å²) in [6.45, 7) is 0. The van der Waals surface area contributed by atoms with E-state index in [9.17, 15) is 0 Å². The van der Waals surface area contributed by atoms with Gasteiger partial charge in [0.1, 0.15) is 5.58 Å². The van der Waals surface area contributed by atoms with E-state index in [1.54, 1.807) is 0 Å². The summed E-state index contributed by atoms with van der Waals surface area (Å²) in [5.41, 5.74) is 15.4. The van der Waals surface area contributed by atoms with Crippen molar-refractivity contribution in [3.8, 4) is 11.1 Å². The molecule has 0 N–H and O–H groups in total. The minimum absolute atomic E-state index is 0.653. The van der Waals surface area contributed by atoms with Gasteiger partial charge < -0.3 is 14.2 Å². The highest BCUT2D eigenvalue weighted by Crippen LogP contribution is 2.66. The molecular formula is C57H36N2O. The van der Waals surface area contributed by atoms with Crippen molar-refractivity contribution in [3.63, 3.8) is 0 Å². The maximum atomic E-state index is 6.82. The third kappa shape index (κ3) is 4.38. The van der Waals surface area contributed by atoms with Crippen LogP contribution in [0.3, 0.4) is 0 Å². The molecule has 1 spiro atoms. The van der Waals surface area contributed by atoms with Gasteiger partial charge in [-0.25, -0.2) is 0 Å². The molecule has 3 heteroatoms. The average molecular weight is 765 g/mol. The Hall–Kier alpha value is -7.88. The average Bonchev–Trinajstić information content (AvgIpc) is 3.85. The third-order valence-electron chi connectivity index (χ3n) is 13.0. The highest BCUT2D eigenvalue weighted by molar-refractivity contribution is 6.18. The lowest BCUT2D eigenvalue weighted by molar-refractivity contribution is 0.669. The molecule has 0 bridgehead atoms. The molecule has 2 heterocycles. The zero-order chi connectivity index (χ0) is 39.4. The summed E-state index contributed by atoms with van der Waals surface area (Å²) >= 11 is 0. The van der Waals surface area contributed by atoms with Crippen LogP contribution in [0.15, 0.2) is 223 Å². The van der Waals surface area contributed by atoms with Crippen molar-refractivity contribution >= 4 is 77.6 Å². The zero-order valence-electron chi connectivity index (χ0n) is 32.6. The first-order valence-corrected chi connectivity index (χ1v) is 20.7. The molecule has 11 aromatic rings. The van der Waals surface area contributed by atoms with E-state index in [1.165, 1.54) is 66.3 Å². The normalized spacial score (nSPS) is 13.4. The van der Waals surface area contributed by atoms with E-state index < -0.39 is 5.41 Å². The van der Waals surface area contributed by atoms with E-state index in [1.807, 2.05) is 6.07 Å². The number of para-hydroxylation sites is 6. The number of fused-ring (bicyclic) bond motifs is 16. The smallest absolute Gasteiger partial charge is 0.159 e. The molecule has 60 heavy (non-hydrogen) atoms. The van der Waals surface area contributed by atoms with E-state index in [0.29, 0.717) is 0 Å². The lowest BCUT2D eigenvalue weighted by Gasteiger charge is -2.45. The second-order valence-corrected chi connectivity index (χ2v) is 16.0. The summed E-state index contributed by atoms with van der Waals surface area (Å²) in [4.78, 5) is 4.88. The number of benzene rings is 10. The topological polar surface area (TPSA) is 19.6 Å². The van der Waals surface area contributed by atoms with Gasteiger partial charge in [-0.2, -0.15) is 0 Å². The first-order valence-electron chi connectivity index (χ1n) is 20.7. The summed E-state index contributed by atoms with van der Waals surface area (Å²) in [6.07, 6.45) is 0. The van der Waals surface area contributed by atoms with Gasteiger partial charge in [0.2, 0.25) is 0 Å². The molecule has 2 aliphatic rings. The van der Waals surface area contributed by atoms with Crippen molar-refractivity contribution in [1.29, 1.82) is 0 Å². The van der Waals surface area contributed by atoms with Crippen molar-refractivity contribution in [3.05, 3.63) is 241 Å². The van der Waals surface area contributed by atoms with Crippen LogP contribution < -0.4 is 9.80 Å². The summed E-state index contributed by atoms with van der Waals surface area (Å²) < 4.78 is 6.82. The minimum atomic E-state index is -0.653. The molecule has 1 aliphatic heterocycles. The van der Waals surface area contributed by atoms with Gasteiger partial charge >= 0.3 is 0 Å². The Morgan fingerprint density at radius 2 is 0.967 bits per heavy atom. The van der Waals surface area contributed by atoms with E-state index in [-0.39, 0.29) is 0 Å². The molecule has 0 saturated carbocycles. The third-order valence-corrected chi connectivity index (χ3v) is 13.0. The highest BCUT2D eigenvalue weighted by Gasteiger charge is 2.53. The molecule has 280 valence electrons. The van der Waals surface area contributed by atoms with Gasteiger partial charge in [-0.15, -0.1) is 0 Å². The van der Waals surface area contributed by atoms with Crippen molar-refractivity contribution in [2.45, 2.75) is 5.41 Å². The van der Waals surface area contributed by atoms with Crippen LogP contribution >= 0.6 is 0 Å². The molecule has 0 unspecified atom stereocenters. The lowest BCUT2D eigenvalue weighted by atomic mass is 9.64. The number of nitrogens with zero attached hydrogens (tertiary/aromatic N) is 2. The number of hydrogen-bond donors (Lipinski definition) is 0. The number of anilines is 6. The monoisotopic (exact) mass is 764 g/mol. The van der Waals surface area contributed by atoms with E-state index >= 15 is 0 Å². The summed E-state index contributed by atoms with van der Waals surface area (Å²) in [5, 5.41) is 7.10. The van der Waals surface area contributed by atoms with E-state index in [0.717, 1.165) is 44.7 Å². The van der Waals surface area contributed by atoms with Crippen molar-refractivity contribution in [1.82, 2.24) is 0 Å². The Morgan fingerprint density at radius 1 is 0.383 bits per heavy atom. The molecule has 0 radical (unpaired) electrons. The molecule has 0 saturated heterocycles. The van der Waals surface area contributed by atoms with Gasteiger partial charge in [0, 0.05) is 27.5 Å². The van der Waals surface area contributed by atoms with Crippen molar-refractivity contribution in [2.24, 2.45) is 0 Å². The summed E-state index contributed by atoms with van der Waals surface area (Å²) in [6, 6.07) is 79.9. The van der Waals surface area contributed by atoms with Crippen LogP contribution in [0.25, 0.3) is 54.6 Å². The maximum Gasteiger partial charge on any atom is 0.159 e. The van der Waals surface area contributed by atoms with Gasteiger partial charge in [-0.1, -0.05) is 164 Å². The van der Waals surface area contributed by atoms with Gasteiger partial charge in [0.15, 0.2) is 5.58 Å². The quantitative estimate of drug-likeness (QED) is 0.178. The lowest BCUT2D eigenvalue weighted by Crippen LogP contribution is -2.36. The largest absolute Gasteiger partial charge is 0.454 e. The second kappa shape index (κ2) is 12.6. The van der Waals surface area contributed by atoms with Gasteiger partial charge in [-0.05, 0) is 104 Å². The fourth-order valence-electron chi connectivity index (χ4n) is 10.7. The van der Waals surface area contributed by atoms with Crippen LogP contribution in [0, 0.1) is 0 Å². The predicted molar refractivity (Wildman–Crippen MR) is 249 cm³/mol. The molecule has 13 rings (SSSR count). The maximum absolute atomic E-state index is 6.82. The Balaban J connectivity index is 1.21. The number of rotatable bonds is 4. The summed E-state index contributed by atoms with van der Waals surface area (Å²) in [5.74, 6) is 0. The highest BCUT2D eigenvalue weighted by atomic mass is 16.3. The van der Waals surface area contributed by atoms with E-state index in [4.69, 9.17) is 4.42 Å². The fraction of sp³-hybridized carbons (Fsp3) is 0.0175. The molecule has 0 fully saturated rings. The van der Waals surface area contributed by atoms with Crippen LogP contribution in [-0.2, 0) is 5.41 Å². The molecule has 0 atom stereocenters. The molecular weight excluding hydrogens is 729 g/mol. The van der Waals surface area contributed by atoms with Gasteiger partial charge in [-0.3, -0.25) is 0 Å². The van der Waals surface area contributed by atoms with Crippen molar-refractivity contribution in [2.75, 3.05) is 9.80 Å². The number of furan rings is 1. The van der Waals surface area contributed by atoms with Gasteiger partial charge in [0.05, 0.1) is 28.2 Å². The van der Waals surface area contributed by atoms with Crippen LogP contribution in [0.2, 0.25) is 0 Å². The Bertz CT molecular complexity index is 3470. The fourth-order valence-corrected chi connectivity index (χ4v) is 10.7. The molecule has 0 amide bonds. The van der Waals surface area contributed by atoms with Crippen LogP contribution in [0.1, 0.15) is 22.3 Å². The first kappa shape index (κ1) is 33.1. The van der Waals surface area contributed by atoms with Crippen molar-refractivity contribution < 1.29 is 4.42 Å². The minimum Gasteiger partial charge on any atom is -0.454 e. The Labute approximate surface area is 347 Å². The molecule has 3 nitrogen and oxygen atoms in total. The van der Waals surface area contributed by atoms with Crippen LogP contribution in [0.5, 0.6) is 0 Å². The van der Waals surface area contributed by atoms with E-state index in [2.05, 4.69) is 222 Å². The predicted octanol–water partition coefficient (Wildman–Crippen LogP) is 15.5. The summed E-state index contributed by atoms with van der Waals surface area (Å²) in [7, 11) is 0. The van der Waals surface area contributed by atoms with Crippen LogP contribution in [0.4, 0.5) is 34.1 Å². The van der Waals surface area contributed by atoms with Crippen LogP contribution in [-0.4, -0.2) is 0 Å². The number of hydrogen-bond acceptors (Lipinski definition) is 3. The SMILES string of the molecule is c1ccc(N2c3ccccc3C3(c4ccccc42)c2ccc4ccccc4c2-c2c3cc(N(c3ccccc3)c3cccc4c3oc3ccccc34)c3ccccc23)cc1. The standard InChI is InChI=1S/C57H36N2O/c1-3-19-38(20-4-1)58-49-30-14-12-28-45(49)57(46-29-13-15-31-50(46)58)47-35-34-37-18-7-8-23-40(37)54(47)55-43-26-10-9-24-41(43)52(36-48(55)57)59(39-21-5-2-6-22-39)51-32-17-27-44-42-25-11-16-33-53(42)60-56(44)51/h1-36H. The molecule has 10 aromatic carbocycles. The molecule has 1 aromatic heterocycles. The zero-order valence-corrected chi connectivity index (χ0v) is 32.6.